The van der Waals surface area contributed by atoms with E-state index in [0.717, 1.165) is 12.8 Å². The molecule has 3 amide bonds. The van der Waals surface area contributed by atoms with Crippen molar-refractivity contribution in [2.24, 2.45) is 0 Å². The molecular weight excluding hydrogens is 464 g/mol. The monoisotopic (exact) mass is 496 g/mol. The maximum absolute atomic E-state index is 13.0. The fourth-order valence-corrected chi connectivity index (χ4v) is 3.84. The van der Waals surface area contributed by atoms with E-state index < -0.39 is 42.1 Å². The number of amides is 3. The summed E-state index contributed by atoms with van der Waals surface area (Å²) in [4.78, 5) is 50.9. The highest BCUT2D eigenvalue weighted by molar-refractivity contribution is 6.33. The first kappa shape index (κ1) is 27.6. The van der Waals surface area contributed by atoms with E-state index in [1.807, 2.05) is 6.92 Å². The van der Waals surface area contributed by atoms with E-state index in [1.54, 1.807) is 0 Å². The van der Waals surface area contributed by atoms with Gasteiger partial charge in [0.25, 0.3) is 5.91 Å². The van der Waals surface area contributed by atoms with Crippen molar-refractivity contribution in [1.82, 2.24) is 15.5 Å². The second kappa shape index (κ2) is 13.3. The number of nitrogens with zero attached hydrogens (tertiary/aromatic N) is 1. The van der Waals surface area contributed by atoms with Gasteiger partial charge in [0, 0.05) is 25.1 Å². The molecular formula is C23H33ClN4O6. The predicted octanol–water partition coefficient (Wildman–Crippen LogP) is 1.24. The SMILES string of the molecule is CCCCOC(O)C(CC=O)NC(=O)[C@@H]1CCCN1C(=O)[C@H](C)NC(=O)c1ccc(N)c(Cl)c1. The first-order valence-electron chi connectivity index (χ1n) is 11.4. The molecule has 1 fully saturated rings. The van der Waals surface area contributed by atoms with Crippen molar-refractivity contribution in [3.63, 3.8) is 0 Å². The predicted molar refractivity (Wildman–Crippen MR) is 127 cm³/mol. The zero-order valence-corrected chi connectivity index (χ0v) is 20.2. The van der Waals surface area contributed by atoms with Crippen LogP contribution in [-0.2, 0) is 19.1 Å². The van der Waals surface area contributed by atoms with Gasteiger partial charge in [0.05, 0.1) is 16.8 Å². The highest BCUT2D eigenvalue weighted by Crippen LogP contribution is 2.21. The van der Waals surface area contributed by atoms with Gasteiger partial charge < -0.3 is 35.9 Å². The molecule has 2 unspecified atom stereocenters. The van der Waals surface area contributed by atoms with Gasteiger partial charge in [0.15, 0.2) is 6.29 Å². The molecule has 1 saturated heterocycles. The zero-order valence-electron chi connectivity index (χ0n) is 19.5. The number of likely N-dealkylation sites (tertiary alicyclic amines) is 1. The lowest BCUT2D eigenvalue weighted by Gasteiger charge is -2.29. The Morgan fingerprint density at radius 1 is 1.35 bits per heavy atom. The average molecular weight is 497 g/mol. The molecule has 0 spiro atoms. The summed E-state index contributed by atoms with van der Waals surface area (Å²) in [7, 11) is 0. The topological polar surface area (TPSA) is 151 Å². The average Bonchev–Trinajstić information content (AvgIpc) is 3.30. The number of aliphatic hydroxyl groups is 1. The lowest BCUT2D eigenvalue weighted by atomic mass is 10.1. The summed E-state index contributed by atoms with van der Waals surface area (Å²) in [6.45, 7) is 4.15. The van der Waals surface area contributed by atoms with Crippen LogP contribution >= 0.6 is 11.6 Å². The van der Waals surface area contributed by atoms with Gasteiger partial charge in [-0.2, -0.15) is 0 Å². The first-order chi connectivity index (χ1) is 16.2. The number of nitrogens with two attached hydrogens (primary N) is 1. The zero-order chi connectivity index (χ0) is 25.3. The molecule has 34 heavy (non-hydrogen) atoms. The standard InChI is InChI=1S/C23H33ClN4O6/c1-3-4-12-34-23(33)18(9-11-29)27-21(31)19-6-5-10-28(19)22(32)14(2)26-20(30)15-7-8-17(25)16(24)13-15/h7-8,11,13-14,18-19,23,33H,3-6,9-10,12,25H2,1-2H3,(H,26,30)(H,27,31)/t14-,18?,19-,23?/m0/s1. The van der Waals surface area contributed by atoms with Crippen molar-refractivity contribution < 1.29 is 29.0 Å². The highest BCUT2D eigenvalue weighted by atomic mass is 35.5. The third-order valence-corrected chi connectivity index (χ3v) is 5.96. The van der Waals surface area contributed by atoms with E-state index in [-0.39, 0.29) is 17.0 Å². The maximum atomic E-state index is 13.0. The Bertz CT molecular complexity index is 883. The van der Waals surface area contributed by atoms with Gasteiger partial charge in [-0.05, 0) is 44.4 Å². The van der Waals surface area contributed by atoms with E-state index in [4.69, 9.17) is 22.1 Å². The summed E-state index contributed by atoms with van der Waals surface area (Å²) in [5, 5.41) is 15.7. The Labute approximate surface area is 204 Å². The Balaban J connectivity index is 2.00. The molecule has 10 nitrogen and oxygen atoms in total. The lowest BCUT2D eigenvalue weighted by molar-refractivity contribution is -0.146. The van der Waals surface area contributed by atoms with E-state index >= 15 is 0 Å². The Morgan fingerprint density at radius 2 is 2.09 bits per heavy atom. The number of unbranched alkanes of at least 4 members (excludes halogenated alkanes) is 1. The largest absolute Gasteiger partial charge is 0.398 e. The van der Waals surface area contributed by atoms with Crippen molar-refractivity contribution in [2.45, 2.75) is 70.4 Å². The molecule has 1 heterocycles. The summed E-state index contributed by atoms with van der Waals surface area (Å²) < 4.78 is 5.31. The minimum absolute atomic E-state index is 0.129. The van der Waals surface area contributed by atoms with Gasteiger partial charge in [0.2, 0.25) is 11.8 Å². The van der Waals surface area contributed by atoms with E-state index in [1.165, 1.54) is 30.0 Å². The van der Waals surface area contributed by atoms with Crippen molar-refractivity contribution in [3.8, 4) is 0 Å². The van der Waals surface area contributed by atoms with E-state index in [0.29, 0.717) is 38.0 Å². The van der Waals surface area contributed by atoms with Crippen LogP contribution in [0.5, 0.6) is 0 Å². The fourth-order valence-electron chi connectivity index (χ4n) is 3.66. The number of carbonyl (C=O) groups excluding carboxylic acids is 4. The number of aldehydes is 1. The molecule has 188 valence electrons. The van der Waals surface area contributed by atoms with Crippen molar-refractivity contribution in [2.75, 3.05) is 18.9 Å². The van der Waals surface area contributed by atoms with Crippen LogP contribution in [0.3, 0.4) is 0 Å². The molecule has 0 saturated carbocycles. The molecule has 0 aliphatic carbocycles. The van der Waals surface area contributed by atoms with Gasteiger partial charge in [-0.25, -0.2) is 0 Å². The summed E-state index contributed by atoms with van der Waals surface area (Å²) in [5.74, 6) is -1.40. The fraction of sp³-hybridized carbons (Fsp3) is 0.565. The summed E-state index contributed by atoms with van der Waals surface area (Å²) in [6.07, 6.45) is 1.76. The van der Waals surface area contributed by atoms with Gasteiger partial charge >= 0.3 is 0 Å². The number of carbonyl (C=O) groups is 4. The summed E-state index contributed by atoms with van der Waals surface area (Å²) in [6, 6.07) is 1.81. The molecule has 2 rings (SSSR count). The molecule has 5 N–H and O–H groups in total. The van der Waals surface area contributed by atoms with Gasteiger partial charge in [0.1, 0.15) is 18.4 Å². The van der Waals surface area contributed by atoms with Crippen LogP contribution in [0.1, 0.15) is 56.3 Å². The highest BCUT2D eigenvalue weighted by Gasteiger charge is 2.37. The number of rotatable bonds is 12. The molecule has 0 bridgehead atoms. The molecule has 1 aliphatic rings. The quantitative estimate of drug-likeness (QED) is 0.147. The lowest BCUT2D eigenvalue weighted by Crippen LogP contribution is -2.55. The van der Waals surface area contributed by atoms with Gasteiger partial charge in [-0.1, -0.05) is 24.9 Å². The third kappa shape index (κ3) is 7.41. The molecule has 1 aromatic rings. The maximum Gasteiger partial charge on any atom is 0.251 e. The molecule has 0 aromatic heterocycles. The number of hydrogen-bond acceptors (Lipinski definition) is 7. The van der Waals surface area contributed by atoms with Gasteiger partial charge in [-0.15, -0.1) is 0 Å². The number of ether oxygens (including phenoxy) is 1. The van der Waals surface area contributed by atoms with Crippen LogP contribution in [-0.4, -0.2) is 71.6 Å². The number of benzene rings is 1. The summed E-state index contributed by atoms with van der Waals surface area (Å²) in [5.41, 5.74) is 6.25. The number of anilines is 1. The molecule has 0 radical (unpaired) electrons. The van der Waals surface area contributed by atoms with Crippen LogP contribution in [0, 0.1) is 0 Å². The second-order valence-corrected chi connectivity index (χ2v) is 8.66. The van der Waals surface area contributed by atoms with Crippen LogP contribution < -0.4 is 16.4 Å². The number of hydrogen-bond donors (Lipinski definition) is 4. The van der Waals surface area contributed by atoms with Crippen molar-refractivity contribution >= 4 is 41.3 Å². The van der Waals surface area contributed by atoms with E-state index in [9.17, 15) is 24.3 Å². The number of nitrogens with one attached hydrogen (secondary N) is 2. The Hall–Kier alpha value is -2.69. The Kier molecular flexibility index (Phi) is 10.7. The number of halogens is 1. The van der Waals surface area contributed by atoms with Crippen LogP contribution in [0.2, 0.25) is 5.02 Å². The molecule has 1 aromatic carbocycles. The molecule has 1 aliphatic heterocycles. The van der Waals surface area contributed by atoms with E-state index in [2.05, 4.69) is 10.6 Å². The minimum Gasteiger partial charge on any atom is -0.398 e. The molecule has 4 atom stereocenters. The minimum atomic E-state index is -1.34. The van der Waals surface area contributed by atoms with Crippen LogP contribution in [0.4, 0.5) is 5.69 Å². The third-order valence-electron chi connectivity index (χ3n) is 5.63. The normalized spacial score (nSPS) is 18.1. The smallest absolute Gasteiger partial charge is 0.251 e. The van der Waals surface area contributed by atoms with Crippen LogP contribution in [0.25, 0.3) is 0 Å². The second-order valence-electron chi connectivity index (χ2n) is 8.25. The van der Waals surface area contributed by atoms with Crippen LogP contribution in [0.15, 0.2) is 18.2 Å². The van der Waals surface area contributed by atoms with Gasteiger partial charge in [-0.3, -0.25) is 14.4 Å². The Morgan fingerprint density at radius 3 is 2.74 bits per heavy atom. The first-order valence-corrected chi connectivity index (χ1v) is 11.8. The molecule has 11 heteroatoms. The number of aliphatic hydroxyl groups excluding tert-OH is 1. The van der Waals surface area contributed by atoms with Crippen molar-refractivity contribution in [1.29, 1.82) is 0 Å². The van der Waals surface area contributed by atoms with Crippen molar-refractivity contribution in [3.05, 3.63) is 28.8 Å². The summed E-state index contributed by atoms with van der Waals surface area (Å²) >= 11 is 5.96. The number of nitrogen functional groups attached to an aromatic ring is 1.